The Balaban J connectivity index is 2.11. The van der Waals surface area contributed by atoms with E-state index in [2.05, 4.69) is 21.9 Å². The first-order valence-electron chi connectivity index (χ1n) is 7.06. The molecule has 2 aromatic carbocycles. The lowest BCUT2D eigenvalue weighted by atomic mass is 10.2. The van der Waals surface area contributed by atoms with Gasteiger partial charge in [-0.15, -0.1) is 0 Å². The SMILES string of the molecule is CN(C)c1ccc2c(c1)Sc1cc(N(C)C)ccc1N2C=O. The van der Waals surface area contributed by atoms with Crippen LogP contribution in [0.1, 0.15) is 0 Å². The predicted octanol–water partition coefficient (Wildman–Crippen LogP) is 3.58. The molecule has 114 valence electrons. The van der Waals surface area contributed by atoms with Crippen molar-refractivity contribution in [3.05, 3.63) is 36.4 Å². The molecule has 0 N–H and O–H groups in total. The number of amides is 1. The van der Waals surface area contributed by atoms with Gasteiger partial charge in [0.15, 0.2) is 0 Å². The summed E-state index contributed by atoms with van der Waals surface area (Å²) in [6.07, 6.45) is 0.891. The third-order valence-corrected chi connectivity index (χ3v) is 4.86. The van der Waals surface area contributed by atoms with Crippen LogP contribution in [0.2, 0.25) is 0 Å². The molecule has 22 heavy (non-hydrogen) atoms. The fourth-order valence-corrected chi connectivity index (χ4v) is 3.62. The van der Waals surface area contributed by atoms with Gasteiger partial charge >= 0.3 is 0 Å². The van der Waals surface area contributed by atoms with Crippen molar-refractivity contribution in [1.29, 1.82) is 0 Å². The topological polar surface area (TPSA) is 26.8 Å². The maximum absolute atomic E-state index is 11.6. The highest BCUT2D eigenvalue weighted by atomic mass is 32.2. The highest BCUT2D eigenvalue weighted by molar-refractivity contribution is 7.99. The minimum absolute atomic E-state index is 0.891. The van der Waals surface area contributed by atoms with Crippen LogP contribution in [0.15, 0.2) is 46.2 Å². The van der Waals surface area contributed by atoms with E-state index < -0.39 is 0 Å². The van der Waals surface area contributed by atoms with Gasteiger partial charge in [0.2, 0.25) is 6.41 Å². The Morgan fingerprint density at radius 3 is 1.68 bits per heavy atom. The standard InChI is InChI=1S/C17H19N3OS/c1-18(2)12-5-7-14-16(9-12)22-17-10-13(19(3)4)6-8-15(17)20(14)11-21/h5-11H,1-4H3. The molecule has 4 nitrogen and oxygen atoms in total. The average Bonchev–Trinajstić information content (AvgIpc) is 2.51. The molecule has 1 heterocycles. The van der Waals surface area contributed by atoms with Crippen LogP contribution in [0, 0.1) is 0 Å². The maximum atomic E-state index is 11.6. The van der Waals surface area contributed by atoms with E-state index in [-0.39, 0.29) is 0 Å². The van der Waals surface area contributed by atoms with E-state index in [1.54, 1.807) is 16.7 Å². The van der Waals surface area contributed by atoms with Crippen LogP contribution in [-0.4, -0.2) is 34.6 Å². The van der Waals surface area contributed by atoms with Gasteiger partial charge in [-0.1, -0.05) is 11.8 Å². The molecule has 0 bridgehead atoms. The number of carbonyl (C=O) groups is 1. The van der Waals surface area contributed by atoms with Gasteiger partial charge in [-0.3, -0.25) is 9.69 Å². The lowest BCUT2D eigenvalue weighted by Crippen LogP contribution is -2.19. The van der Waals surface area contributed by atoms with Gasteiger partial charge in [0.1, 0.15) is 0 Å². The molecule has 0 saturated carbocycles. The molecule has 1 aliphatic rings. The monoisotopic (exact) mass is 313 g/mol. The third-order valence-electron chi connectivity index (χ3n) is 3.76. The molecule has 0 spiro atoms. The van der Waals surface area contributed by atoms with Crippen LogP contribution in [0.5, 0.6) is 0 Å². The van der Waals surface area contributed by atoms with Crippen LogP contribution < -0.4 is 14.7 Å². The summed E-state index contributed by atoms with van der Waals surface area (Å²) in [4.78, 5) is 19.7. The van der Waals surface area contributed by atoms with Gasteiger partial charge in [0.05, 0.1) is 11.4 Å². The summed E-state index contributed by atoms with van der Waals surface area (Å²) in [5.74, 6) is 0. The zero-order valence-corrected chi connectivity index (χ0v) is 14.0. The van der Waals surface area contributed by atoms with E-state index in [1.165, 1.54) is 0 Å². The van der Waals surface area contributed by atoms with E-state index in [1.807, 2.05) is 52.5 Å². The zero-order valence-electron chi connectivity index (χ0n) is 13.2. The molecule has 3 rings (SSSR count). The van der Waals surface area contributed by atoms with Crippen molar-refractivity contribution >= 4 is 40.9 Å². The number of rotatable bonds is 3. The first kappa shape index (κ1) is 14.8. The Bertz CT molecular complexity index is 670. The summed E-state index contributed by atoms with van der Waals surface area (Å²) in [6.45, 7) is 0. The Morgan fingerprint density at radius 1 is 0.864 bits per heavy atom. The predicted molar refractivity (Wildman–Crippen MR) is 93.9 cm³/mol. The van der Waals surface area contributed by atoms with Crippen LogP contribution in [0.4, 0.5) is 22.7 Å². The molecule has 1 amide bonds. The summed E-state index contributed by atoms with van der Waals surface area (Å²) in [7, 11) is 8.07. The summed E-state index contributed by atoms with van der Waals surface area (Å²) >= 11 is 1.71. The van der Waals surface area contributed by atoms with Crippen molar-refractivity contribution in [2.24, 2.45) is 0 Å². The molecular formula is C17H19N3OS. The van der Waals surface area contributed by atoms with Crippen molar-refractivity contribution in [3.8, 4) is 0 Å². The lowest BCUT2D eigenvalue weighted by molar-refractivity contribution is -0.106. The van der Waals surface area contributed by atoms with E-state index in [0.717, 1.165) is 39.0 Å². The molecule has 0 aliphatic carbocycles. The summed E-state index contributed by atoms with van der Waals surface area (Å²) in [6, 6.07) is 12.3. The van der Waals surface area contributed by atoms with E-state index in [0.29, 0.717) is 0 Å². The smallest absolute Gasteiger partial charge is 0.218 e. The van der Waals surface area contributed by atoms with Crippen molar-refractivity contribution in [3.63, 3.8) is 0 Å². The fourth-order valence-electron chi connectivity index (χ4n) is 2.49. The van der Waals surface area contributed by atoms with Crippen LogP contribution in [0.25, 0.3) is 0 Å². The lowest BCUT2D eigenvalue weighted by Gasteiger charge is -2.30. The molecule has 0 fully saturated rings. The average molecular weight is 313 g/mol. The molecular weight excluding hydrogens is 294 g/mol. The van der Waals surface area contributed by atoms with Crippen LogP contribution in [0.3, 0.4) is 0 Å². The number of benzene rings is 2. The van der Waals surface area contributed by atoms with Gasteiger partial charge in [-0.25, -0.2) is 0 Å². The van der Waals surface area contributed by atoms with Crippen molar-refractivity contribution in [2.45, 2.75) is 9.79 Å². The largest absolute Gasteiger partial charge is 0.378 e. The summed E-state index contributed by atoms with van der Waals surface area (Å²) in [5.41, 5.74) is 4.14. The van der Waals surface area contributed by atoms with Crippen molar-refractivity contribution in [1.82, 2.24) is 0 Å². The molecule has 2 aromatic rings. The second-order valence-corrected chi connectivity index (χ2v) is 6.75. The molecule has 0 atom stereocenters. The van der Waals surface area contributed by atoms with Crippen LogP contribution >= 0.6 is 11.8 Å². The molecule has 0 saturated heterocycles. The van der Waals surface area contributed by atoms with Crippen LogP contribution in [-0.2, 0) is 4.79 Å². The minimum Gasteiger partial charge on any atom is -0.378 e. The van der Waals surface area contributed by atoms with Gasteiger partial charge in [0, 0.05) is 49.4 Å². The Labute approximate surface area is 135 Å². The number of fused-ring (bicyclic) bond motifs is 2. The normalized spacial score (nSPS) is 12.5. The third kappa shape index (κ3) is 2.41. The van der Waals surface area contributed by atoms with Gasteiger partial charge < -0.3 is 9.80 Å². The second kappa shape index (κ2) is 5.57. The quantitative estimate of drug-likeness (QED) is 0.809. The molecule has 5 heteroatoms. The van der Waals surface area contributed by atoms with Crippen molar-refractivity contribution in [2.75, 3.05) is 42.9 Å². The highest BCUT2D eigenvalue weighted by Crippen LogP contribution is 2.49. The van der Waals surface area contributed by atoms with Gasteiger partial charge in [-0.2, -0.15) is 0 Å². The number of hydrogen-bond acceptors (Lipinski definition) is 4. The number of carbonyl (C=O) groups excluding carboxylic acids is 1. The molecule has 0 unspecified atom stereocenters. The highest BCUT2D eigenvalue weighted by Gasteiger charge is 2.24. The first-order chi connectivity index (χ1) is 10.5. The Kier molecular flexibility index (Phi) is 3.74. The second-order valence-electron chi connectivity index (χ2n) is 5.67. The Hall–Kier alpha value is -2.14. The van der Waals surface area contributed by atoms with E-state index >= 15 is 0 Å². The Morgan fingerprint density at radius 2 is 1.32 bits per heavy atom. The van der Waals surface area contributed by atoms with E-state index in [4.69, 9.17) is 0 Å². The molecule has 1 aliphatic heterocycles. The number of hydrogen-bond donors (Lipinski definition) is 0. The number of anilines is 4. The number of nitrogens with zero attached hydrogens (tertiary/aromatic N) is 3. The fraction of sp³-hybridized carbons (Fsp3) is 0.235. The summed E-state index contributed by atoms with van der Waals surface area (Å²) < 4.78 is 0. The first-order valence-corrected chi connectivity index (χ1v) is 7.88. The van der Waals surface area contributed by atoms with Gasteiger partial charge in [-0.05, 0) is 36.4 Å². The maximum Gasteiger partial charge on any atom is 0.218 e. The minimum atomic E-state index is 0.891. The van der Waals surface area contributed by atoms with E-state index in [9.17, 15) is 4.79 Å². The van der Waals surface area contributed by atoms with Gasteiger partial charge in [0.25, 0.3) is 0 Å². The summed E-state index contributed by atoms with van der Waals surface area (Å²) in [5, 5.41) is 0. The molecule has 0 radical (unpaired) electrons. The van der Waals surface area contributed by atoms with Crippen molar-refractivity contribution < 1.29 is 4.79 Å². The zero-order chi connectivity index (χ0) is 15.9. The molecule has 0 aromatic heterocycles.